The molecule has 0 aliphatic heterocycles. The molecule has 0 radical (unpaired) electrons. The SMILES string of the molecule is CCCOc1cccc(/C=N/N=C(N)N)c1. The van der Waals surface area contributed by atoms with Crippen molar-refractivity contribution in [2.24, 2.45) is 21.7 Å². The van der Waals surface area contributed by atoms with Crippen LogP contribution in [-0.2, 0) is 0 Å². The molecule has 0 aliphatic carbocycles. The molecule has 0 amide bonds. The van der Waals surface area contributed by atoms with Gasteiger partial charge in [0.15, 0.2) is 0 Å². The molecule has 0 atom stereocenters. The van der Waals surface area contributed by atoms with Gasteiger partial charge < -0.3 is 16.2 Å². The monoisotopic (exact) mass is 220 g/mol. The molecule has 0 aliphatic rings. The van der Waals surface area contributed by atoms with Crippen molar-refractivity contribution in [2.75, 3.05) is 6.61 Å². The van der Waals surface area contributed by atoms with Crippen LogP contribution in [-0.4, -0.2) is 18.8 Å². The van der Waals surface area contributed by atoms with Crippen molar-refractivity contribution in [3.8, 4) is 5.75 Å². The first-order chi connectivity index (χ1) is 7.72. The Hall–Kier alpha value is -2.04. The Labute approximate surface area is 94.8 Å². The Morgan fingerprint density at radius 1 is 1.44 bits per heavy atom. The maximum atomic E-state index is 5.48. The number of nitrogens with two attached hydrogens (primary N) is 2. The summed E-state index contributed by atoms with van der Waals surface area (Å²) >= 11 is 0. The second-order valence-electron chi connectivity index (χ2n) is 3.19. The lowest BCUT2D eigenvalue weighted by molar-refractivity contribution is 0.317. The Kier molecular flexibility index (Phi) is 4.85. The smallest absolute Gasteiger partial charge is 0.211 e. The molecule has 0 heterocycles. The van der Waals surface area contributed by atoms with Gasteiger partial charge in [0.25, 0.3) is 0 Å². The molecule has 16 heavy (non-hydrogen) atoms. The molecule has 5 nitrogen and oxygen atoms in total. The molecule has 0 spiro atoms. The van der Waals surface area contributed by atoms with Crippen molar-refractivity contribution >= 4 is 12.2 Å². The molecule has 0 saturated heterocycles. The maximum absolute atomic E-state index is 5.48. The largest absolute Gasteiger partial charge is 0.494 e. The summed E-state index contributed by atoms with van der Waals surface area (Å²) in [5.41, 5.74) is 11.2. The number of nitrogens with zero attached hydrogens (tertiary/aromatic N) is 2. The van der Waals surface area contributed by atoms with E-state index < -0.39 is 0 Å². The van der Waals surface area contributed by atoms with Crippen LogP contribution in [0.5, 0.6) is 5.75 Å². The molecule has 5 heteroatoms. The predicted octanol–water partition coefficient (Wildman–Crippen LogP) is 1.08. The van der Waals surface area contributed by atoms with Crippen molar-refractivity contribution in [1.82, 2.24) is 0 Å². The molecule has 86 valence electrons. The fraction of sp³-hybridized carbons (Fsp3) is 0.273. The molecule has 1 aromatic carbocycles. The van der Waals surface area contributed by atoms with Crippen LogP contribution in [0.25, 0.3) is 0 Å². The van der Waals surface area contributed by atoms with E-state index in [0.29, 0.717) is 6.61 Å². The van der Waals surface area contributed by atoms with Gasteiger partial charge in [-0.15, -0.1) is 5.10 Å². The van der Waals surface area contributed by atoms with Gasteiger partial charge in [0, 0.05) is 0 Å². The Bertz CT molecular complexity index is 383. The van der Waals surface area contributed by atoms with E-state index in [0.717, 1.165) is 17.7 Å². The van der Waals surface area contributed by atoms with Crippen molar-refractivity contribution in [3.05, 3.63) is 29.8 Å². The van der Waals surface area contributed by atoms with Gasteiger partial charge >= 0.3 is 0 Å². The van der Waals surface area contributed by atoms with Gasteiger partial charge in [-0.3, -0.25) is 0 Å². The topological polar surface area (TPSA) is 86.0 Å². The Balaban J connectivity index is 2.67. The fourth-order valence-corrected chi connectivity index (χ4v) is 1.07. The Morgan fingerprint density at radius 2 is 2.25 bits per heavy atom. The van der Waals surface area contributed by atoms with Gasteiger partial charge in [-0.1, -0.05) is 19.1 Å². The third kappa shape index (κ3) is 4.45. The summed E-state index contributed by atoms with van der Waals surface area (Å²) in [6.07, 6.45) is 2.55. The van der Waals surface area contributed by atoms with Crippen molar-refractivity contribution in [2.45, 2.75) is 13.3 Å². The van der Waals surface area contributed by atoms with Gasteiger partial charge in [0.1, 0.15) is 5.75 Å². The lowest BCUT2D eigenvalue weighted by Gasteiger charge is -2.04. The van der Waals surface area contributed by atoms with Gasteiger partial charge in [-0.2, -0.15) is 5.10 Å². The minimum Gasteiger partial charge on any atom is -0.494 e. The third-order valence-corrected chi connectivity index (χ3v) is 1.71. The van der Waals surface area contributed by atoms with E-state index in [9.17, 15) is 0 Å². The zero-order chi connectivity index (χ0) is 11.8. The molecule has 4 N–H and O–H groups in total. The van der Waals surface area contributed by atoms with Gasteiger partial charge in [0.2, 0.25) is 5.96 Å². The van der Waals surface area contributed by atoms with Crippen LogP contribution < -0.4 is 16.2 Å². The number of guanidine groups is 1. The summed E-state index contributed by atoms with van der Waals surface area (Å²) in [5.74, 6) is 0.755. The molecular weight excluding hydrogens is 204 g/mol. The first-order valence-corrected chi connectivity index (χ1v) is 5.07. The van der Waals surface area contributed by atoms with E-state index in [1.165, 1.54) is 0 Å². The number of ether oxygens (including phenoxy) is 1. The average Bonchev–Trinajstić information content (AvgIpc) is 2.26. The molecule has 0 saturated carbocycles. The maximum Gasteiger partial charge on any atom is 0.211 e. The van der Waals surface area contributed by atoms with Crippen LogP contribution in [0.4, 0.5) is 0 Å². The molecule has 1 rings (SSSR count). The zero-order valence-corrected chi connectivity index (χ0v) is 9.26. The zero-order valence-electron chi connectivity index (χ0n) is 9.26. The van der Waals surface area contributed by atoms with Crippen molar-refractivity contribution < 1.29 is 4.74 Å². The first kappa shape index (κ1) is 12.0. The predicted molar refractivity (Wildman–Crippen MR) is 65.6 cm³/mol. The molecule has 0 bridgehead atoms. The number of hydrogen-bond donors (Lipinski definition) is 2. The second kappa shape index (κ2) is 6.44. The lowest BCUT2D eigenvalue weighted by Crippen LogP contribution is -2.21. The number of rotatable bonds is 5. The minimum atomic E-state index is -0.0605. The lowest BCUT2D eigenvalue weighted by atomic mass is 10.2. The van der Waals surface area contributed by atoms with Gasteiger partial charge in [-0.25, -0.2) is 0 Å². The van der Waals surface area contributed by atoms with E-state index in [1.54, 1.807) is 6.21 Å². The van der Waals surface area contributed by atoms with E-state index in [1.807, 2.05) is 24.3 Å². The number of benzene rings is 1. The van der Waals surface area contributed by atoms with Crippen LogP contribution in [0.15, 0.2) is 34.5 Å². The van der Waals surface area contributed by atoms with Crippen LogP contribution in [0.1, 0.15) is 18.9 Å². The van der Waals surface area contributed by atoms with Gasteiger partial charge in [-0.05, 0) is 24.1 Å². The highest BCUT2D eigenvalue weighted by atomic mass is 16.5. The summed E-state index contributed by atoms with van der Waals surface area (Å²) < 4.78 is 5.48. The summed E-state index contributed by atoms with van der Waals surface area (Å²) in [5, 5.41) is 7.23. The van der Waals surface area contributed by atoms with E-state index in [4.69, 9.17) is 16.2 Å². The Morgan fingerprint density at radius 3 is 2.94 bits per heavy atom. The van der Waals surface area contributed by atoms with Crippen molar-refractivity contribution in [3.63, 3.8) is 0 Å². The van der Waals surface area contributed by atoms with Crippen LogP contribution in [0.2, 0.25) is 0 Å². The highest BCUT2D eigenvalue weighted by Gasteiger charge is 1.93. The van der Waals surface area contributed by atoms with Crippen molar-refractivity contribution in [1.29, 1.82) is 0 Å². The quantitative estimate of drug-likeness (QED) is 0.442. The normalized spacial score (nSPS) is 10.3. The van der Waals surface area contributed by atoms with E-state index >= 15 is 0 Å². The third-order valence-electron chi connectivity index (χ3n) is 1.71. The summed E-state index contributed by atoms with van der Waals surface area (Å²) in [7, 11) is 0. The van der Waals surface area contributed by atoms with Crippen LogP contribution in [0.3, 0.4) is 0 Å². The summed E-state index contributed by atoms with van der Waals surface area (Å²) in [6.45, 7) is 2.76. The van der Waals surface area contributed by atoms with Crippen LogP contribution in [0, 0.1) is 0 Å². The van der Waals surface area contributed by atoms with Crippen LogP contribution >= 0.6 is 0 Å². The highest BCUT2D eigenvalue weighted by molar-refractivity contribution is 5.81. The minimum absolute atomic E-state index is 0.0605. The average molecular weight is 220 g/mol. The molecular formula is C11H16N4O. The van der Waals surface area contributed by atoms with E-state index in [2.05, 4.69) is 17.1 Å². The molecule has 0 aromatic heterocycles. The number of hydrogen-bond acceptors (Lipinski definition) is 3. The van der Waals surface area contributed by atoms with Gasteiger partial charge in [0.05, 0.1) is 12.8 Å². The molecule has 1 aromatic rings. The molecule has 0 unspecified atom stereocenters. The van der Waals surface area contributed by atoms with E-state index in [-0.39, 0.29) is 5.96 Å². The highest BCUT2D eigenvalue weighted by Crippen LogP contribution is 2.12. The first-order valence-electron chi connectivity index (χ1n) is 5.07. The fourth-order valence-electron chi connectivity index (χ4n) is 1.07. The summed E-state index contributed by atoms with van der Waals surface area (Å²) in [4.78, 5) is 0. The molecule has 0 fully saturated rings. The second-order valence-corrected chi connectivity index (χ2v) is 3.19. The summed E-state index contributed by atoms with van der Waals surface area (Å²) in [6, 6.07) is 7.56. The standard InChI is InChI=1S/C11H16N4O/c1-2-6-16-10-5-3-4-9(7-10)8-14-15-11(12)13/h3-5,7-8H,2,6H2,1H3,(H4,12,13,15)/b14-8+.